The number of ether oxygens (including phenoxy) is 2. The largest absolute Gasteiger partial charge is 0.510 e. The van der Waals surface area contributed by atoms with E-state index in [9.17, 15) is 4.79 Å². The van der Waals surface area contributed by atoms with Gasteiger partial charge >= 0.3 is 6.16 Å². The van der Waals surface area contributed by atoms with Crippen LogP contribution in [0.3, 0.4) is 0 Å². The third-order valence-corrected chi connectivity index (χ3v) is 2.60. The SMILES string of the molecule is O=C(OCCl)O[C@@H]1CCc2ccccc21. The van der Waals surface area contributed by atoms with E-state index < -0.39 is 6.16 Å². The topological polar surface area (TPSA) is 35.5 Å². The van der Waals surface area contributed by atoms with Gasteiger partial charge in [-0.2, -0.15) is 0 Å². The molecule has 0 unspecified atom stereocenters. The zero-order valence-electron chi connectivity index (χ0n) is 8.11. The predicted octanol–water partition coefficient (Wildman–Crippen LogP) is 3.02. The average molecular weight is 227 g/mol. The summed E-state index contributed by atoms with van der Waals surface area (Å²) >= 11 is 5.26. The summed E-state index contributed by atoms with van der Waals surface area (Å²) in [5.41, 5.74) is 2.31. The van der Waals surface area contributed by atoms with E-state index in [2.05, 4.69) is 4.74 Å². The highest BCUT2D eigenvalue weighted by Crippen LogP contribution is 2.33. The monoisotopic (exact) mass is 226 g/mol. The van der Waals surface area contributed by atoms with E-state index in [1.807, 2.05) is 24.3 Å². The van der Waals surface area contributed by atoms with Crippen LogP contribution in [0.1, 0.15) is 23.7 Å². The fourth-order valence-corrected chi connectivity index (χ4v) is 1.92. The summed E-state index contributed by atoms with van der Waals surface area (Å²) < 4.78 is 9.66. The van der Waals surface area contributed by atoms with E-state index in [4.69, 9.17) is 16.3 Å². The molecule has 1 aliphatic carbocycles. The minimum absolute atomic E-state index is 0.173. The van der Waals surface area contributed by atoms with Gasteiger partial charge in [0.25, 0.3) is 0 Å². The number of fused-ring (bicyclic) bond motifs is 1. The molecule has 0 aliphatic heterocycles. The van der Waals surface area contributed by atoms with Crippen molar-refractivity contribution in [3.05, 3.63) is 35.4 Å². The number of benzene rings is 1. The van der Waals surface area contributed by atoms with Gasteiger partial charge in [0.15, 0.2) is 6.07 Å². The lowest BCUT2D eigenvalue weighted by atomic mass is 10.1. The quantitative estimate of drug-likeness (QED) is 0.574. The molecular formula is C11H11ClO3. The van der Waals surface area contributed by atoms with Crippen LogP contribution in [0.15, 0.2) is 24.3 Å². The van der Waals surface area contributed by atoms with E-state index in [1.54, 1.807) is 0 Å². The van der Waals surface area contributed by atoms with Crippen molar-refractivity contribution in [3.63, 3.8) is 0 Å². The Morgan fingerprint density at radius 2 is 2.27 bits per heavy atom. The Hall–Kier alpha value is -1.22. The molecule has 0 saturated carbocycles. The molecule has 1 atom stereocenters. The molecule has 4 heteroatoms. The molecule has 0 N–H and O–H groups in total. The van der Waals surface area contributed by atoms with Crippen molar-refractivity contribution >= 4 is 17.8 Å². The number of rotatable bonds is 2. The first-order valence-corrected chi connectivity index (χ1v) is 5.32. The molecule has 0 aromatic heterocycles. The lowest BCUT2D eigenvalue weighted by molar-refractivity contribution is 0.0330. The van der Waals surface area contributed by atoms with Gasteiger partial charge in [0.2, 0.25) is 0 Å². The summed E-state index contributed by atoms with van der Waals surface area (Å²) in [6, 6.07) is 7.77. The third-order valence-electron chi connectivity index (χ3n) is 2.49. The molecular weight excluding hydrogens is 216 g/mol. The summed E-state index contributed by atoms with van der Waals surface area (Å²) in [7, 11) is 0. The molecule has 0 radical (unpaired) electrons. The maximum Gasteiger partial charge on any atom is 0.510 e. The van der Waals surface area contributed by atoms with Crippen molar-refractivity contribution in [2.75, 3.05) is 6.07 Å². The summed E-state index contributed by atoms with van der Waals surface area (Å²) in [5.74, 6) is 0. The molecule has 0 spiro atoms. The fraction of sp³-hybridized carbons (Fsp3) is 0.364. The van der Waals surface area contributed by atoms with Crippen LogP contribution in [-0.4, -0.2) is 12.2 Å². The van der Waals surface area contributed by atoms with Gasteiger partial charge in [0, 0.05) is 0 Å². The van der Waals surface area contributed by atoms with E-state index in [1.165, 1.54) is 5.56 Å². The van der Waals surface area contributed by atoms with Gasteiger partial charge in [-0.05, 0) is 24.0 Å². The van der Waals surface area contributed by atoms with Crippen LogP contribution in [0.4, 0.5) is 4.79 Å². The standard InChI is InChI=1S/C11H11ClO3/c12-7-14-11(13)15-10-6-5-8-3-1-2-4-9(8)10/h1-4,10H,5-7H2/t10-/m1/s1. The number of carbonyl (C=O) groups excluding carboxylic acids is 1. The number of hydrogen-bond acceptors (Lipinski definition) is 3. The molecule has 3 nitrogen and oxygen atoms in total. The molecule has 0 bridgehead atoms. The Morgan fingerprint density at radius 3 is 3.07 bits per heavy atom. The van der Waals surface area contributed by atoms with Gasteiger partial charge in [0.1, 0.15) is 6.10 Å². The number of aryl methyl sites for hydroxylation is 1. The van der Waals surface area contributed by atoms with Crippen LogP contribution in [-0.2, 0) is 15.9 Å². The van der Waals surface area contributed by atoms with Gasteiger partial charge in [-0.1, -0.05) is 35.9 Å². The molecule has 1 aliphatic rings. The van der Waals surface area contributed by atoms with Gasteiger partial charge in [-0.15, -0.1) is 0 Å². The maximum atomic E-state index is 11.1. The highest BCUT2D eigenvalue weighted by atomic mass is 35.5. The molecule has 0 saturated heterocycles. The normalized spacial score (nSPS) is 18.3. The Morgan fingerprint density at radius 1 is 1.47 bits per heavy atom. The van der Waals surface area contributed by atoms with Crippen molar-refractivity contribution in [2.45, 2.75) is 18.9 Å². The van der Waals surface area contributed by atoms with Crippen LogP contribution < -0.4 is 0 Å². The Kier molecular flexibility index (Phi) is 3.11. The van der Waals surface area contributed by atoms with E-state index >= 15 is 0 Å². The molecule has 80 valence electrons. The highest BCUT2D eigenvalue weighted by molar-refractivity contribution is 6.17. The van der Waals surface area contributed by atoms with Gasteiger partial charge in [-0.3, -0.25) is 0 Å². The second-order valence-electron chi connectivity index (χ2n) is 3.35. The number of hydrogen-bond donors (Lipinski definition) is 0. The zero-order chi connectivity index (χ0) is 10.7. The molecule has 2 rings (SSSR count). The number of halogens is 1. The predicted molar refractivity (Wildman–Crippen MR) is 55.8 cm³/mol. The van der Waals surface area contributed by atoms with Crippen molar-refractivity contribution < 1.29 is 14.3 Å². The Labute approximate surface area is 92.9 Å². The lowest BCUT2D eigenvalue weighted by Gasteiger charge is -2.11. The van der Waals surface area contributed by atoms with Crippen LogP contribution in [0.25, 0.3) is 0 Å². The second-order valence-corrected chi connectivity index (χ2v) is 3.57. The molecule has 0 amide bonds. The minimum atomic E-state index is -0.702. The molecule has 15 heavy (non-hydrogen) atoms. The third kappa shape index (κ3) is 2.23. The summed E-state index contributed by atoms with van der Waals surface area (Å²) in [4.78, 5) is 11.1. The summed E-state index contributed by atoms with van der Waals surface area (Å²) in [6.07, 6.45) is 0.870. The van der Waals surface area contributed by atoms with E-state index in [0.29, 0.717) is 0 Å². The van der Waals surface area contributed by atoms with Crippen LogP contribution in [0, 0.1) is 0 Å². The van der Waals surface area contributed by atoms with Crippen LogP contribution in [0.5, 0.6) is 0 Å². The second kappa shape index (κ2) is 4.53. The van der Waals surface area contributed by atoms with Crippen molar-refractivity contribution in [1.29, 1.82) is 0 Å². The van der Waals surface area contributed by atoms with Gasteiger partial charge < -0.3 is 9.47 Å². The first kappa shape index (κ1) is 10.3. The Balaban J connectivity index is 2.04. The summed E-state index contributed by atoms with van der Waals surface area (Å²) in [6.45, 7) is 0. The molecule has 0 fully saturated rings. The molecule has 1 aromatic carbocycles. The lowest BCUT2D eigenvalue weighted by Crippen LogP contribution is -2.10. The van der Waals surface area contributed by atoms with Gasteiger partial charge in [0.05, 0.1) is 0 Å². The number of alkyl halides is 1. The number of carbonyl (C=O) groups is 1. The van der Waals surface area contributed by atoms with Gasteiger partial charge in [-0.25, -0.2) is 4.79 Å². The van der Waals surface area contributed by atoms with E-state index in [0.717, 1.165) is 18.4 Å². The summed E-state index contributed by atoms with van der Waals surface area (Å²) in [5, 5.41) is 0. The maximum absolute atomic E-state index is 11.1. The first-order valence-electron chi connectivity index (χ1n) is 4.78. The van der Waals surface area contributed by atoms with E-state index in [-0.39, 0.29) is 12.2 Å². The fourth-order valence-electron chi connectivity index (χ4n) is 1.84. The van der Waals surface area contributed by atoms with Crippen molar-refractivity contribution in [3.8, 4) is 0 Å². The average Bonchev–Trinajstić information content (AvgIpc) is 2.62. The Bertz CT molecular complexity index is 365. The van der Waals surface area contributed by atoms with Crippen molar-refractivity contribution in [1.82, 2.24) is 0 Å². The zero-order valence-corrected chi connectivity index (χ0v) is 8.87. The van der Waals surface area contributed by atoms with Crippen molar-refractivity contribution in [2.24, 2.45) is 0 Å². The minimum Gasteiger partial charge on any atom is -0.426 e. The molecule has 0 heterocycles. The molecule has 1 aromatic rings. The van der Waals surface area contributed by atoms with Crippen LogP contribution in [0.2, 0.25) is 0 Å². The first-order chi connectivity index (χ1) is 7.31. The smallest absolute Gasteiger partial charge is 0.426 e. The highest BCUT2D eigenvalue weighted by Gasteiger charge is 2.25. The van der Waals surface area contributed by atoms with Crippen LogP contribution >= 0.6 is 11.6 Å².